The maximum atomic E-state index is 10.7. The van der Waals surface area contributed by atoms with Crippen molar-refractivity contribution in [2.45, 2.75) is 38.5 Å². The lowest BCUT2D eigenvalue weighted by Crippen LogP contribution is -2.34. The van der Waals surface area contributed by atoms with Crippen LogP contribution < -0.4 is 0 Å². The molecule has 0 fully saturated rings. The van der Waals surface area contributed by atoms with Crippen molar-refractivity contribution in [1.29, 1.82) is 0 Å². The van der Waals surface area contributed by atoms with E-state index >= 15 is 0 Å². The van der Waals surface area contributed by atoms with Gasteiger partial charge >= 0.3 is 23.9 Å². The second kappa shape index (κ2) is 16.5. The van der Waals surface area contributed by atoms with E-state index in [0.717, 1.165) is 25.9 Å². The molecule has 0 aromatic carbocycles. The molecule has 0 heterocycles. The molecule has 0 atom stereocenters. The number of carboxylic acid groups (broad SMARTS) is 4. The molecule has 0 radical (unpaired) electrons. The molecule has 0 saturated carbocycles. The van der Waals surface area contributed by atoms with Crippen LogP contribution in [0, 0.1) is 0 Å². The van der Waals surface area contributed by atoms with Crippen LogP contribution in [-0.2, 0) is 19.2 Å². The standard InChI is InChI=1S/C19H35N3O8/c1-20(8-2-10-21(12-4-16(23)24)13-5-17(25)26)9-3-11-22(14-6-18(27)28)15-7-19(29)30/h2-15H2,1H3,(H,23,24)(H,25,26)(H,27,28)(H,29,30). The molecule has 4 N–H and O–H groups in total. The van der Waals surface area contributed by atoms with Gasteiger partial charge in [-0.05, 0) is 46.1 Å². The third-order valence-corrected chi connectivity index (χ3v) is 4.60. The average molecular weight is 434 g/mol. The van der Waals surface area contributed by atoms with Crippen LogP contribution in [0.5, 0.6) is 0 Å². The van der Waals surface area contributed by atoms with E-state index in [1.165, 1.54) is 0 Å². The highest BCUT2D eigenvalue weighted by molar-refractivity contribution is 5.68. The van der Waals surface area contributed by atoms with Crippen LogP contribution in [0.15, 0.2) is 0 Å². The van der Waals surface area contributed by atoms with Crippen molar-refractivity contribution < 1.29 is 39.6 Å². The summed E-state index contributed by atoms with van der Waals surface area (Å²) in [5.41, 5.74) is 0. The molecule has 11 heteroatoms. The Kier molecular flexibility index (Phi) is 15.3. The molecule has 0 aliphatic carbocycles. The summed E-state index contributed by atoms with van der Waals surface area (Å²) in [4.78, 5) is 48.8. The van der Waals surface area contributed by atoms with Crippen LogP contribution in [0.25, 0.3) is 0 Å². The van der Waals surface area contributed by atoms with Gasteiger partial charge in [-0.1, -0.05) is 0 Å². The Labute approximate surface area is 176 Å². The molecule has 0 spiro atoms. The van der Waals surface area contributed by atoms with E-state index in [9.17, 15) is 19.2 Å². The van der Waals surface area contributed by atoms with E-state index in [1.807, 2.05) is 16.8 Å². The minimum absolute atomic E-state index is 0.0298. The lowest BCUT2D eigenvalue weighted by atomic mass is 10.2. The van der Waals surface area contributed by atoms with Gasteiger partial charge in [-0.3, -0.25) is 19.2 Å². The summed E-state index contributed by atoms with van der Waals surface area (Å²) in [6, 6.07) is 0. The minimum Gasteiger partial charge on any atom is -0.481 e. The van der Waals surface area contributed by atoms with Crippen LogP contribution in [0.4, 0.5) is 0 Å². The molecule has 0 aliphatic heterocycles. The molecule has 174 valence electrons. The summed E-state index contributed by atoms with van der Waals surface area (Å²) in [6.07, 6.45) is 1.40. The predicted molar refractivity (Wildman–Crippen MR) is 109 cm³/mol. The molecule has 0 aromatic heterocycles. The first-order valence-corrected chi connectivity index (χ1v) is 10.1. The van der Waals surface area contributed by atoms with E-state index in [0.29, 0.717) is 39.3 Å². The van der Waals surface area contributed by atoms with E-state index in [-0.39, 0.29) is 25.7 Å². The second-order valence-corrected chi connectivity index (χ2v) is 7.27. The van der Waals surface area contributed by atoms with Crippen molar-refractivity contribution in [3.05, 3.63) is 0 Å². The van der Waals surface area contributed by atoms with E-state index in [2.05, 4.69) is 4.90 Å². The molecule has 30 heavy (non-hydrogen) atoms. The Morgan fingerprint density at radius 2 is 0.767 bits per heavy atom. The number of carboxylic acids is 4. The van der Waals surface area contributed by atoms with Gasteiger partial charge in [0.25, 0.3) is 0 Å². The van der Waals surface area contributed by atoms with E-state index in [4.69, 9.17) is 20.4 Å². The normalized spacial score (nSPS) is 11.3. The zero-order valence-electron chi connectivity index (χ0n) is 17.7. The summed E-state index contributed by atoms with van der Waals surface area (Å²) < 4.78 is 0. The lowest BCUT2D eigenvalue weighted by Gasteiger charge is -2.24. The third-order valence-electron chi connectivity index (χ3n) is 4.60. The van der Waals surface area contributed by atoms with Gasteiger partial charge in [-0.25, -0.2) is 0 Å². The highest BCUT2D eigenvalue weighted by Gasteiger charge is 2.12. The number of carbonyl (C=O) groups is 4. The number of nitrogens with zero attached hydrogens (tertiary/aromatic N) is 3. The first kappa shape index (κ1) is 27.8. The number of rotatable bonds is 20. The Morgan fingerprint density at radius 3 is 1.00 bits per heavy atom. The zero-order chi connectivity index (χ0) is 22.9. The SMILES string of the molecule is CN(CCCN(CCC(=O)O)CCC(=O)O)CCCN(CCC(=O)O)CCC(=O)O. The Morgan fingerprint density at radius 1 is 0.500 bits per heavy atom. The second-order valence-electron chi connectivity index (χ2n) is 7.27. The smallest absolute Gasteiger partial charge is 0.304 e. The van der Waals surface area contributed by atoms with Crippen molar-refractivity contribution in [3.63, 3.8) is 0 Å². The van der Waals surface area contributed by atoms with Crippen LogP contribution in [-0.4, -0.2) is 118 Å². The maximum absolute atomic E-state index is 10.7. The topological polar surface area (TPSA) is 159 Å². The van der Waals surface area contributed by atoms with Crippen LogP contribution >= 0.6 is 0 Å². The molecule has 0 unspecified atom stereocenters. The van der Waals surface area contributed by atoms with Crippen molar-refractivity contribution in [1.82, 2.24) is 14.7 Å². The quantitative estimate of drug-likeness (QED) is 0.208. The zero-order valence-corrected chi connectivity index (χ0v) is 17.7. The molecule has 11 nitrogen and oxygen atoms in total. The monoisotopic (exact) mass is 433 g/mol. The van der Waals surface area contributed by atoms with Crippen molar-refractivity contribution in [3.8, 4) is 0 Å². The Bertz CT molecular complexity index is 462. The van der Waals surface area contributed by atoms with Gasteiger partial charge < -0.3 is 35.1 Å². The first-order chi connectivity index (χ1) is 14.1. The number of aliphatic carboxylic acids is 4. The fourth-order valence-corrected chi connectivity index (χ4v) is 2.93. The molecule has 0 bridgehead atoms. The van der Waals surface area contributed by atoms with Crippen LogP contribution in [0.2, 0.25) is 0 Å². The summed E-state index contributed by atoms with van der Waals surface area (Å²) in [5, 5.41) is 35.2. The summed E-state index contributed by atoms with van der Waals surface area (Å²) >= 11 is 0. The van der Waals surface area contributed by atoms with Crippen molar-refractivity contribution >= 4 is 23.9 Å². The fourth-order valence-electron chi connectivity index (χ4n) is 2.93. The van der Waals surface area contributed by atoms with Gasteiger partial charge in [-0.15, -0.1) is 0 Å². The summed E-state index contributed by atoms with van der Waals surface area (Å²) in [5.74, 6) is -3.66. The molecule has 0 amide bonds. The van der Waals surface area contributed by atoms with Gasteiger partial charge in [0.05, 0.1) is 25.7 Å². The summed E-state index contributed by atoms with van der Waals surface area (Å²) in [7, 11) is 1.94. The fraction of sp³-hybridized carbons (Fsp3) is 0.789. The van der Waals surface area contributed by atoms with Gasteiger partial charge in [-0.2, -0.15) is 0 Å². The highest BCUT2D eigenvalue weighted by atomic mass is 16.4. The third kappa shape index (κ3) is 17.8. The number of hydrogen-bond acceptors (Lipinski definition) is 7. The molecule has 0 rings (SSSR count). The maximum Gasteiger partial charge on any atom is 0.304 e. The van der Waals surface area contributed by atoms with Gasteiger partial charge in [0.15, 0.2) is 0 Å². The molecule has 0 aliphatic rings. The van der Waals surface area contributed by atoms with E-state index < -0.39 is 23.9 Å². The molecule has 0 saturated heterocycles. The summed E-state index contributed by atoms with van der Waals surface area (Å²) in [6.45, 7) is 3.97. The van der Waals surface area contributed by atoms with Crippen LogP contribution in [0.1, 0.15) is 38.5 Å². The highest BCUT2D eigenvalue weighted by Crippen LogP contribution is 2.01. The lowest BCUT2D eigenvalue weighted by molar-refractivity contribution is -0.139. The van der Waals surface area contributed by atoms with Crippen molar-refractivity contribution in [2.75, 3.05) is 59.4 Å². The average Bonchev–Trinajstić information content (AvgIpc) is 2.64. The van der Waals surface area contributed by atoms with Gasteiger partial charge in [0, 0.05) is 26.2 Å². The molecular formula is C19H35N3O8. The minimum atomic E-state index is -0.914. The Hall–Kier alpha value is -2.24. The van der Waals surface area contributed by atoms with E-state index in [1.54, 1.807) is 0 Å². The molecule has 0 aromatic rings. The van der Waals surface area contributed by atoms with Crippen LogP contribution in [0.3, 0.4) is 0 Å². The molecular weight excluding hydrogens is 398 g/mol. The largest absolute Gasteiger partial charge is 0.481 e. The van der Waals surface area contributed by atoms with Crippen molar-refractivity contribution in [2.24, 2.45) is 0 Å². The first-order valence-electron chi connectivity index (χ1n) is 10.1. The van der Waals surface area contributed by atoms with Gasteiger partial charge in [0.1, 0.15) is 0 Å². The van der Waals surface area contributed by atoms with Gasteiger partial charge in [0.2, 0.25) is 0 Å². The predicted octanol–water partition coefficient (Wildman–Crippen LogP) is 0.201. The number of hydrogen-bond donors (Lipinski definition) is 4. The Balaban J connectivity index is 4.22.